The Morgan fingerprint density at radius 3 is 3.00 bits per heavy atom. The predicted octanol–water partition coefficient (Wildman–Crippen LogP) is 1.13. The van der Waals surface area contributed by atoms with Crippen molar-refractivity contribution in [3.8, 4) is 0 Å². The van der Waals surface area contributed by atoms with Crippen molar-refractivity contribution in [2.45, 2.75) is 37.9 Å². The summed E-state index contributed by atoms with van der Waals surface area (Å²) in [6.45, 7) is 2.23. The molecule has 0 spiro atoms. The van der Waals surface area contributed by atoms with Crippen LogP contribution in [0.4, 0.5) is 0 Å². The average Bonchev–Trinajstić information content (AvgIpc) is 2.72. The SMILES string of the molecule is CCCCCSc1nnnn1CC(=O)OC. The number of thioether (sulfide) groups is 1. The number of methoxy groups -OCH3 is 1. The summed E-state index contributed by atoms with van der Waals surface area (Å²) in [5.74, 6) is 0.623. The van der Waals surface area contributed by atoms with Crippen LogP contribution in [0.3, 0.4) is 0 Å². The van der Waals surface area contributed by atoms with Crippen LogP contribution in [0.15, 0.2) is 5.16 Å². The molecule has 1 aromatic rings. The summed E-state index contributed by atoms with van der Waals surface area (Å²) in [5.41, 5.74) is 0. The van der Waals surface area contributed by atoms with Crippen molar-refractivity contribution in [1.82, 2.24) is 20.2 Å². The Morgan fingerprint density at radius 1 is 1.50 bits per heavy atom. The molecule has 0 unspecified atom stereocenters. The van der Waals surface area contributed by atoms with Gasteiger partial charge in [0, 0.05) is 5.75 Å². The van der Waals surface area contributed by atoms with Gasteiger partial charge in [-0.1, -0.05) is 31.5 Å². The first kappa shape index (κ1) is 13.0. The van der Waals surface area contributed by atoms with Gasteiger partial charge >= 0.3 is 5.97 Å². The number of nitrogens with zero attached hydrogens (tertiary/aromatic N) is 4. The molecule has 0 radical (unpaired) electrons. The lowest BCUT2D eigenvalue weighted by molar-refractivity contribution is -0.141. The first-order valence-corrected chi connectivity index (χ1v) is 6.22. The number of rotatable bonds is 7. The second-order valence-corrected chi connectivity index (χ2v) is 4.31. The largest absolute Gasteiger partial charge is 0.468 e. The molecule has 0 saturated carbocycles. The number of carbonyl (C=O) groups excluding carboxylic acids is 1. The number of aromatic nitrogens is 4. The van der Waals surface area contributed by atoms with Gasteiger partial charge in [0.1, 0.15) is 6.54 Å². The molecule has 0 amide bonds. The minimum Gasteiger partial charge on any atom is -0.468 e. The van der Waals surface area contributed by atoms with E-state index in [9.17, 15) is 4.79 Å². The van der Waals surface area contributed by atoms with E-state index in [4.69, 9.17) is 0 Å². The summed E-state index contributed by atoms with van der Waals surface area (Å²) in [6, 6.07) is 0. The van der Waals surface area contributed by atoms with E-state index in [0.29, 0.717) is 5.16 Å². The van der Waals surface area contributed by atoms with Gasteiger partial charge in [0.25, 0.3) is 0 Å². The van der Waals surface area contributed by atoms with Gasteiger partial charge in [-0.05, 0) is 16.8 Å². The predicted molar refractivity (Wildman–Crippen MR) is 60.1 cm³/mol. The fourth-order valence-electron chi connectivity index (χ4n) is 1.10. The van der Waals surface area contributed by atoms with Gasteiger partial charge in [-0.3, -0.25) is 4.79 Å². The van der Waals surface area contributed by atoms with E-state index in [2.05, 4.69) is 27.2 Å². The summed E-state index contributed by atoms with van der Waals surface area (Å²) in [4.78, 5) is 11.1. The smallest absolute Gasteiger partial charge is 0.327 e. The van der Waals surface area contributed by atoms with Gasteiger partial charge in [0.15, 0.2) is 0 Å². The molecule has 0 aromatic carbocycles. The van der Waals surface area contributed by atoms with Gasteiger partial charge in [0.05, 0.1) is 7.11 Å². The van der Waals surface area contributed by atoms with Crippen LogP contribution in [0, 0.1) is 0 Å². The summed E-state index contributed by atoms with van der Waals surface area (Å²) in [7, 11) is 1.35. The molecule has 1 rings (SSSR count). The topological polar surface area (TPSA) is 69.9 Å². The molecule has 16 heavy (non-hydrogen) atoms. The van der Waals surface area contributed by atoms with Crippen molar-refractivity contribution in [1.29, 1.82) is 0 Å². The minimum absolute atomic E-state index is 0.0691. The zero-order chi connectivity index (χ0) is 11.8. The van der Waals surface area contributed by atoms with E-state index < -0.39 is 0 Å². The van der Waals surface area contributed by atoms with E-state index in [1.165, 1.54) is 24.6 Å². The average molecular weight is 244 g/mol. The molecule has 6 nitrogen and oxygen atoms in total. The second kappa shape index (κ2) is 7.21. The fraction of sp³-hybridized carbons (Fsp3) is 0.778. The van der Waals surface area contributed by atoms with Crippen molar-refractivity contribution in [2.24, 2.45) is 0 Å². The molecule has 0 bridgehead atoms. The molecular formula is C9H16N4O2S. The first-order valence-electron chi connectivity index (χ1n) is 5.23. The van der Waals surface area contributed by atoms with Crippen LogP contribution in [-0.2, 0) is 16.1 Å². The van der Waals surface area contributed by atoms with E-state index >= 15 is 0 Å². The maximum atomic E-state index is 11.1. The van der Waals surface area contributed by atoms with Crippen LogP contribution in [0.2, 0.25) is 0 Å². The molecule has 0 fully saturated rings. The Balaban J connectivity index is 2.41. The Morgan fingerprint density at radius 2 is 2.31 bits per heavy atom. The van der Waals surface area contributed by atoms with E-state index in [0.717, 1.165) is 12.2 Å². The number of unbranched alkanes of at least 4 members (excludes halogenated alkanes) is 2. The van der Waals surface area contributed by atoms with Gasteiger partial charge in [0.2, 0.25) is 5.16 Å². The number of carbonyl (C=O) groups is 1. The maximum Gasteiger partial charge on any atom is 0.327 e. The molecule has 0 aliphatic heterocycles. The Hall–Kier alpha value is -1.11. The normalized spacial score (nSPS) is 10.4. The lowest BCUT2D eigenvalue weighted by Gasteiger charge is -2.02. The third-order valence-corrected chi connectivity index (χ3v) is 3.03. The van der Waals surface area contributed by atoms with Gasteiger partial charge in [-0.2, -0.15) is 0 Å². The van der Waals surface area contributed by atoms with Gasteiger partial charge in [-0.25, -0.2) is 4.68 Å². The van der Waals surface area contributed by atoms with Crippen LogP contribution in [-0.4, -0.2) is 39.0 Å². The van der Waals surface area contributed by atoms with Crippen molar-refractivity contribution >= 4 is 17.7 Å². The summed E-state index contributed by atoms with van der Waals surface area (Å²) in [6.07, 6.45) is 3.52. The lowest BCUT2D eigenvalue weighted by Crippen LogP contribution is -2.13. The summed E-state index contributed by atoms with van der Waals surface area (Å²) in [5, 5.41) is 11.8. The van der Waals surface area contributed by atoms with Gasteiger partial charge < -0.3 is 4.74 Å². The second-order valence-electron chi connectivity index (χ2n) is 3.25. The molecular weight excluding hydrogens is 228 g/mol. The Labute approximate surface area is 98.7 Å². The third-order valence-electron chi connectivity index (χ3n) is 1.98. The number of hydrogen-bond donors (Lipinski definition) is 0. The molecule has 90 valence electrons. The first-order chi connectivity index (χ1) is 7.77. The van der Waals surface area contributed by atoms with E-state index in [1.807, 2.05) is 0 Å². The number of esters is 1. The zero-order valence-electron chi connectivity index (χ0n) is 9.55. The Kier molecular flexibility index (Phi) is 5.84. The van der Waals surface area contributed by atoms with Gasteiger partial charge in [-0.15, -0.1) is 5.10 Å². The maximum absolute atomic E-state index is 11.1. The number of ether oxygens (including phenoxy) is 1. The molecule has 1 heterocycles. The molecule has 0 saturated heterocycles. The standard InChI is InChI=1S/C9H16N4O2S/c1-3-4-5-6-16-9-10-11-12-13(9)7-8(14)15-2/h3-7H2,1-2H3. The molecule has 0 aliphatic carbocycles. The summed E-state index contributed by atoms with van der Waals surface area (Å²) >= 11 is 1.57. The molecule has 7 heteroatoms. The van der Waals surface area contributed by atoms with E-state index in [1.54, 1.807) is 11.8 Å². The van der Waals surface area contributed by atoms with Crippen molar-refractivity contribution in [2.75, 3.05) is 12.9 Å². The highest BCUT2D eigenvalue weighted by molar-refractivity contribution is 7.99. The van der Waals surface area contributed by atoms with Crippen LogP contribution >= 0.6 is 11.8 Å². The molecule has 1 aromatic heterocycles. The number of tetrazole rings is 1. The minimum atomic E-state index is -0.345. The van der Waals surface area contributed by atoms with E-state index in [-0.39, 0.29) is 12.5 Å². The monoisotopic (exact) mass is 244 g/mol. The Bertz CT molecular complexity index is 329. The van der Waals surface area contributed by atoms with Crippen LogP contribution < -0.4 is 0 Å². The lowest BCUT2D eigenvalue weighted by atomic mass is 10.3. The molecule has 0 aliphatic rings. The van der Waals surface area contributed by atoms with Crippen molar-refractivity contribution in [3.63, 3.8) is 0 Å². The quantitative estimate of drug-likeness (QED) is 0.407. The summed E-state index contributed by atoms with van der Waals surface area (Å²) < 4.78 is 6.02. The number of hydrogen-bond acceptors (Lipinski definition) is 6. The third kappa shape index (κ3) is 4.18. The highest BCUT2D eigenvalue weighted by Crippen LogP contribution is 2.15. The van der Waals surface area contributed by atoms with Crippen molar-refractivity contribution in [3.05, 3.63) is 0 Å². The van der Waals surface area contributed by atoms with Crippen molar-refractivity contribution < 1.29 is 9.53 Å². The molecule has 0 atom stereocenters. The fourth-order valence-corrected chi connectivity index (χ4v) is 1.98. The highest BCUT2D eigenvalue weighted by Gasteiger charge is 2.10. The zero-order valence-corrected chi connectivity index (χ0v) is 10.4. The highest BCUT2D eigenvalue weighted by atomic mass is 32.2. The van der Waals surface area contributed by atoms with Crippen LogP contribution in [0.1, 0.15) is 26.2 Å². The van der Waals surface area contributed by atoms with Crippen LogP contribution in [0.5, 0.6) is 0 Å². The molecule has 0 N–H and O–H groups in total. The van der Waals surface area contributed by atoms with Crippen LogP contribution in [0.25, 0.3) is 0 Å².